The van der Waals surface area contributed by atoms with Crippen LogP contribution in [0.5, 0.6) is 0 Å². The number of hydrogen-bond donors (Lipinski definition) is 0. The molecule has 0 saturated carbocycles. The Balaban J connectivity index is 0.000000640. The van der Waals surface area contributed by atoms with Gasteiger partial charge in [0.25, 0.3) is 0 Å². The van der Waals surface area contributed by atoms with Crippen LogP contribution in [0.4, 0.5) is 0 Å². The molecule has 1 saturated heterocycles. The van der Waals surface area contributed by atoms with Gasteiger partial charge in [0.1, 0.15) is 0 Å². The topological polar surface area (TPSA) is 0 Å². The van der Waals surface area contributed by atoms with Crippen LogP contribution in [0.1, 0.15) is 19.3 Å². The maximum absolute atomic E-state index is 4.27. The van der Waals surface area contributed by atoms with Gasteiger partial charge in [-0.2, -0.15) is 0 Å². The van der Waals surface area contributed by atoms with Crippen LogP contribution in [0.15, 0.2) is 0 Å². The second-order valence-corrected chi connectivity index (χ2v) is 7.99. The van der Waals surface area contributed by atoms with Gasteiger partial charge in [0.2, 0.25) is 0 Å². The molecule has 1 fully saturated rings. The third-order valence-electron chi connectivity index (χ3n) is 2.06. The first-order chi connectivity index (χ1) is 3.71. The predicted octanol–water partition coefficient (Wildman–Crippen LogP) is 2.62. The minimum atomic E-state index is -0.840. The van der Waals surface area contributed by atoms with E-state index in [0.717, 1.165) is 0 Å². The predicted molar refractivity (Wildman–Crippen MR) is 40.4 cm³/mol. The zero-order valence-electron chi connectivity index (χ0n) is 6.45. The summed E-state index contributed by atoms with van der Waals surface area (Å²) in [6.07, 6.45) is 4.40. The molecule has 0 spiro atoms. The van der Waals surface area contributed by atoms with Crippen LogP contribution in [0.2, 0.25) is 18.6 Å². The molecule has 1 heterocycles. The van der Waals surface area contributed by atoms with E-state index < -0.39 is 8.07 Å². The summed E-state index contributed by atoms with van der Waals surface area (Å²) in [5, 5.41) is 0. The van der Waals surface area contributed by atoms with Gasteiger partial charge in [0, 0.05) is 19.5 Å². The quantitative estimate of drug-likeness (QED) is 0.518. The molecule has 1 aliphatic heterocycles. The third kappa shape index (κ3) is 3.52. The fourth-order valence-corrected chi connectivity index (χ4v) is 3.86. The summed E-state index contributed by atoms with van der Waals surface area (Å²) in [6, 6.07) is 2.96. The fraction of sp³-hybridized carbons (Fsp3) is 0.857. The average Bonchev–Trinajstić information content (AvgIpc) is 1.65. The molecule has 2 heteroatoms. The molecule has 0 nitrogen and oxygen atoms in total. The molecule has 0 amide bonds. The number of hydrogen-bond acceptors (Lipinski definition) is 0. The molecular weight excluding hydrogens is 178 g/mol. The van der Waals surface area contributed by atoms with Crippen LogP contribution in [0.3, 0.4) is 0 Å². The van der Waals surface area contributed by atoms with E-state index in [2.05, 4.69) is 13.1 Å². The molecular formula is C7H15SiZn. The summed E-state index contributed by atoms with van der Waals surface area (Å²) in [6.45, 7) is 6.68. The van der Waals surface area contributed by atoms with E-state index in [9.17, 15) is 0 Å². The first kappa shape index (κ1) is 9.84. The minimum Gasteiger partial charge on any atom is -0.0692 e. The van der Waals surface area contributed by atoms with E-state index in [1.807, 2.05) is 0 Å². The Morgan fingerprint density at radius 2 is 1.56 bits per heavy atom. The first-order valence-corrected chi connectivity index (χ1v) is 6.68. The van der Waals surface area contributed by atoms with Crippen molar-refractivity contribution in [3.8, 4) is 0 Å². The maximum Gasteiger partial charge on any atom is 0.0502 e. The molecule has 0 aliphatic carbocycles. The van der Waals surface area contributed by atoms with Crippen molar-refractivity contribution in [1.29, 1.82) is 0 Å². The van der Waals surface area contributed by atoms with Crippen molar-refractivity contribution in [3.05, 3.63) is 6.55 Å². The van der Waals surface area contributed by atoms with Crippen LogP contribution in [0.25, 0.3) is 0 Å². The van der Waals surface area contributed by atoms with Crippen LogP contribution < -0.4 is 0 Å². The van der Waals surface area contributed by atoms with Gasteiger partial charge in [-0.3, -0.25) is 0 Å². The van der Waals surface area contributed by atoms with E-state index in [0.29, 0.717) is 0 Å². The molecule has 0 bridgehead atoms. The van der Waals surface area contributed by atoms with Crippen molar-refractivity contribution in [2.24, 2.45) is 0 Å². The summed E-state index contributed by atoms with van der Waals surface area (Å²) in [7, 11) is -0.840. The second kappa shape index (κ2) is 3.88. The smallest absolute Gasteiger partial charge is 0.0502 e. The molecule has 49 valence electrons. The molecule has 0 atom stereocenters. The Morgan fingerprint density at radius 1 is 1.11 bits per heavy atom. The first-order valence-electron chi connectivity index (χ1n) is 3.56. The van der Waals surface area contributed by atoms with Gasteiger partial charge in [-0.05, 0) is 0 Å². The normalized spacial score (nSPS) is 24.7. The van der Waals surface area contributed by atoms with Gasteiger partial charge in [-0.15, -0.1) is 0 Å². The zero-order chi connectivity index (χ0) is 6.04. The van der Waals surface area contributed by atoms with E-state index in [1.165, 1.54) is 31.4 Å². The molecule has 0 unspecified atom stereocenters. The van der Waals surface area contributed by atoms with E-state index in [1.54, 1.807) is 0 Å². The van der Waals surface area contributed by atoms with Crippen LogP contribution >= 0.6 is 0 Å². The standard InChI is InChI=1S/C7H15Si.Zn/c1-8(2)6-4-3-5-7-8;/h1,3-7H2,2H3;. The van der Waals surface area contributed by atoms with Crippen molar-refractivity contribution in [2.45, 2.75) is 37.9 Å². The Labute approximate surface area is 72.2 Å². The van der Waals surface area contributed by atoms with Gasteiger partial charge in [0.05, 0.1) is 8.07 Å². The van der Waals surface area contributed by atoms with E-state index in [4.69, 9.17) is 0 Å². The Bertz CT molecular complexity index is 73.0. The third-order valence-corrected chi connectivity index (χ3v) is 5.18. The van der Waals surface area contributed by atoms with Crippen molar-refractivity contribution in [2.75, 3.05) is 0 Å². The fourth-order valence-electron chi connectivity index (χ4n) is 1.41. The Kier molecular flexibility index (Phi) is 4.24. The second-order valence-electron chi connectivity index (χ2n) is 3.37. The number of rotatable bonds is 0. The Hall–Kier alpha value is 0.840. The van der Waals surface area contributed by atoms with Crippen LogP contribution in [-0.4, -0.2) is 8.07 Å². The van der Waals surface area contributed by atoms with E-state index in [-0.39, 0.29) is 19.5 Å². The van der Waals surface area contributed by atoms with Gasteiger partial charge in [-0.25, -0.2) is 0 Å². The minimum absolute atomic E-state index is 0. The van der Waals surface area contributed by atoms with E-state index >= 15 is 0 Å². The van der Waals surface area contributed by atoms with Crippen molar-refractivity contribution < 1.29 is 19.5 Å². The summed E-state index contributed by atoms with van der Waals surface area (Å²) in [5.74, 6) is 0. The SMILES string of the molecule is [CH2][Si]1(C)CCCCC1.[Zn]. The molecule has 0 N–H and O–H groups in total. The van der Waals surface area contributed by atoms with Gasteiger partial charge in [0.15, 0.2) is 0 Å². The average molecular weight is 193 g/mol. The molecule has 1 radical (unpaired) electrons. The summed E-state index contributed by atoms with van der Waals surface area (Å²) in [5.41, 5.74) is 0. The van der Waals surface area contributed by atoms with Crippen LogP contribution in [-0.2, 0) is 19.5 Å². The molecule has 1 aliphatic rings. The molecule has 9 heavy (non-hydrogen) atoms. The monoisotopic (exact) mass is 191 g/mol. The zero-order valence-corrected chi connectivity index (χ0v) is 10.4. The van der Waals surface area contributed by atoms with Crippen molar-refractivity contribution in [1.82, 2.24) is 0 Å². The van der Waals surface area contributed by atoms with Gasteiger partial charge in [-0.1, -0.05) is 44.4 Å². The summed E-state index contributed by atoms with van der Waals surface area (Å²) >= 11 is 0. The summed E-state index contributed by atoms with van der Waals surface area (Å²) < 4.78 is 0. The van der Waals surface area contributed by atoms with Crippen LogP contribution in [0, 0.1) is 6.55 Å². The summed E-state index contributed by atoms with van der Waals surface area (Å²) in [4.78, 5) is 0. The van der Waals surface area contributed by atoms with Gasteiger partial charge >= 0.3 is 0 Å². The maximum atomic E-state index is 4.27. The molecule has 0 aromatic rings. The van der Waals surface area contributed by atoms with Crippen molar-refractivity contribution in [3.63, 3.8) is 0 Å². The molecule has 0 aromatic heterocycles. The Morgan fingerprint density at radius 3 is 1.78 bits per heavy atom. The van der Waals surface area contributed by atoms with Crippen molar-refractivity contribution >= 4 is 8.07 Å². The largest absolute Gasteiger partial charge is 0.0692 e. The molecule has 0 aromatic carbocycles. The molecule has 1 rings (SSSR count). The van der Waals surface area contributed by atoms with Gasteiger partial charge < -0.3 is 0 Å².